The predicted molar refractivity (Wildman–Crippen MR) is 100 cm³/mol. The largest absolute Gasteiger partial charge is 0.481 e. The molecule has 2 rings (SSSR count). The standard InChI is InChI=1S/C21H27NO3/c1-6-7-16-17(12(2)3)14(5)18(21(24)25)19(16)20(23)22-15-10-8-13(4)9-11-15/h6-11,14,16,18-19H,1-5H3,(H,22,23)(H,24,25)/b7-6-. The van der Waals surface area contributed by atoms with Gasteiger partial charge in [0.25, 0.3) is 0 Å². The average molecular weight is 341 g/mol. The molecule has 0 heterocycles. The van der Waals surface area contributed by atoms with Gasteiger partial charge in [0.15, 0.2) is 0 Å². The summed E-state index contributed by atoms with van der Waals surface area (Å²) < 4.78 is 0. The van der Waals surface area contributed by atoms with E-state index in [1.54, 1.807) is 0 Å². The van der Waals surface area contributed by atoms with Crippen LogP contribution in [0.2, 0.25) is 0 Å². The van der Waals surface area contributed by atoms with Gasteiger partial charge in [-0.25, -0.2) is 0 Å². The van der Waals surface area contributed by atoms with Crippen LogP contribution in [0.1, 0.15) is 33.3 Å². The number of carboxylic acids is 1. The summed E-state index contributed by atoms with van der Waals surface area (Å²) in [6.45, 7) is 9.77. The lowest BCUT2D eigenvalue weighted by Gasteiger charge is -2.21. The fourth-order valence-corrected chi connectivity index (χ4v) is 4.00. The maximum Gasteiger partial charge on any atom is 0.307 e. The highest BCUT2D eigenvalue weighted by atomic mass is 16.4. The van der Waals surface area contributed by atoms with E-state index < -0.39 is 17.8 Å². The van der Waals surface area contributed by atoms with Crippen LogP contribution >= 0.6 is 0 Å². The van der Waals surface area contributed by atoms with Crippen molar-refractivity contribution < 1.29 is 14.7 Å². The van der Waals surface area contributed by atoms with Crippen LogP contribution in [0.3, 0.4) is 0 Å². The van der Waals surface area contributed by atoms with E-state index in [4.69, 9.17) is 0 Å². The number of carboxylic acid groups (broad SMARTS) is 1. The van der Waals surface area contributed by atoms with Crippen LogP contribution in [0, 0.1) is 30.6 Å². The molecule has 1 fully saturated rings. The summed E-state index contributed by atoms with van der Waals surface area (Å²) in [5.41, 5.74) is 3.95. The molecule has 1 aromatic rings. The molecule has 134 valence electrons. The maximum absolute atomic E-state index is 13.0. The first-order chi connectivity index (χ1) is 11.8. The van der Waals surface area contributed by atoms with Crippen molar-refractivity contribution in [2.75, 3.05) is 5.32 Å². The fraction of sp³-hybridized carbons (Fsp3) is 0.429. The third-order valence-electron chi connectivity index (χ3n) is 5.05. The maximum atomic E-state index is 13.0. The summed E-state index contributed by atoms with van der Waals surface area (Å²) in [6.07, 6.45) is 3.86. The number of rotatable bonds is 4. The summed E-state index contributed by atoms with van der Waals surface area (Å²) in [5.74, 6) is -2.84. The van der Waals surface area contributed by atoms with Crippen molar-refractivity contribution >= 4 is 17.6 Å². The Kier molecular flexibility index (Phi) is 5.83. The molecular formula is C21H27NO3. The lowest BCUT2D eigenvalue weighted by Crippen LogP contribution is -2.34. The van der Waals surface area contributed by atoms with Crippen molar-refractivity contribution in [3.63, 3.8) is 0 Å². The molecule has 1 amide bonds. The normalized spacial score (nSPS) is 26.0. The molecule has 0 spiro atoms. The molecule has 1 saturated carbocycles. The number of carbonyl (C=O) groups excluding carboxylic acids is 1. The summed E-state index contributed by atoms with van der Waals surface area (Å²) >= 11 is 0. The number of aryl methyl sites for hydroxylation is 1. The number of anilines is 1. The second-order valence-corrected chi connectivity index (χ2v) is 7.04. The first kappa shape index (κ1) is 19.0. The second-order valence-electron chi connectivity index (χ2n) is 7.04. The summed E-state index contributed by atoms with van der Waals surface area (Å²) in [7, 11) is 0. The van der Waals surface area contributed by atoms with Gasteiger partial charge in [-0.3, -0.25) is 9.59 Å². The minimum absolute atomic E-state index is 0.169. The van der Waals surface area contributed by atoms with Crippen LogP contribution in [-0.2, 0) is 9.59 Å². The van der Waals surface area contributed by atoms with Crippen LogP contribution in [0.25, 0.3) is 0 Å². The van der Waals surface area contributed by atoms with Crippen LogP contribution in [-0.4, -0.2) is 17.0 Å². The molecule has 2 N–H and O–H groups in total. The zero-order chi connectivity index (χ0) is 18.7. The minimum Gasteiger partial charge on any atom is -0.481 e. The van der Waals surface area contributed by atoms with Crippen molar-refractivity contribution in [1.82, 2.24) is 0 Å². The molecule has 4 atom stereocenters. The number of carbonyl (C=O) groups is 2. The lowest BCUT2D eigenvalue weighted by atomic mass is 9.86. The van der Waals surface area contributed by atoms with Crippen molar-refractivity contribution in [2.45, 2.75) is 34.6 Å². The first-order valence-electron chi connectivity index (χ1n) is 8.68. The SMILES string of the molecule is C/C=C\C1C(=C(C)C)C(C)C(C(=O)O)C1C(=O)Nc1ccc(C)cc1. The van der Waals surface area contributed by atoms with Gasteiger partial charge in [0.2, 0.25) is 5.91 Å². The smallest absolute Gasteiger partial charge is 0.307 e. The van der Waals surface area contributed by atoms with Gasteiger partial charge >= 0.3 is 5.97 Å². The molecule has 4 nitrogen and oxygen atoms in total. The number of aliphatic carboxylic acids is 1. The highest BCUT2D eigenvalue weighted by Gasteiger charge is 2.51. The summed E-state index contributed by atoms with van der Waals surface area (Å²) in [5, 5.41) is 12.7. The predicted octanol–water partition coefficient (Wildman–Crippen LogP) is 4.43. The zero-order valence-electron chi connectivity index (χ0n) is 15.5. The van der Waals surface area contributed by atoms with Crippen molar-refractivity contribution in [2.24, 2.45) is 23.7 Å². The Labute approximate surface area is 149 Å². The third kappa shape index (κ3) is 3.84. The fourth-order valence-electron chi connectivity index (χ4n) is 4.00. The van der Waals surface area contributed by atoms with Gasteiger partial charge < -0.3 is 10.4 Å². The molecule has 25 heavy (non-hydrogen) atoms. The Morgan fingerprint density at radius 1 is 1.12 bits per heavy atom. The molecular weight excluding hydrogens is 314 g/mol. The first-order valence-corrected chi connectivity index (χ1v) is 8.68. The molecule has 0 aliphatic heterocycles. The number of nitrogens with one attached hydrogen (secondary N) is 1. The highest BCUT2D eigenvalue weighted by molar-refractivity contribution is 5.96. The van der Waals surface area contributed by atoms with Gasteiger partial charge in [-0.1, -0.05) is 47.9 Å². The van der Waals surface area contributed by atoms with E-state index in [2.05, 4.69) is 5.32 Å². The van der Waals surface area contributed by atoms with Gasteiger partial charge in [0.05, 0.1) is 11.8 Å². The molecule has 0 bridgehead atoms. The van der Waals surface area contributed by atoms with E-state index >= 15 is 0 Å². The number of amides is 1. The monoisotopic (exact) mass is 341 g/mol. The van der Waals surface area contributed by atoms with E-state index in [1.807, 2.05) is 71.0 Å². The average Bonchev–Trinajstić information content (AvgIpc) is 2.82. The Hall–Kier alpha value is -2.36. The van der Waals surface area contributed by atoms with Crippen molar-refractivity contribution in [1.29, 1.82) is 0 Å². The van der Waals surface area contributed by atoms with E-state index in [0.29, 0.717) is 5.69 Å². The van der Waals surface area contributed by atoms with Crippen LogP contribution in [0.15, 0.2) is 47.6 Å². The van der Waals surface area contributed by atoms with Crippen LogP contribution in [0.5, 0.6) is 0 Å². The van der Waals surface area contributed by atoms with Gasteiger partial charge in [-0.05, 0) is 45.7 Å². The molecule has 1 aromatic carbocycles. The van der Waals surface area contributed by atoms with Crippen LogP contribution in [0.4, 0.5) is 5.69 Å². The molecule has 1 aliphatic rings. The Morgan fingerprint density at radius 3 is 2.20 bits per heavy atom. The zero-order valence-corrected chi connectivity index (χ0v) is 15.5. The Balaban J connectivity index is 2.42. The van der Waals surface area contributed by atoms with E-state index in [1.165, 1.54) is 0 Å². The van der Waals surface area contributed by atoms with Crippen LogP contribution < -0.4 is 5.32 Å². The molecule has 4 unspecified atom stereocenters. The quantitative estimate of drug-likeness (QED) is 0.796. The molecule has 4 heteroatoms. The molecule has 0 radical (unpaired) electrons. The Bertz CT molecular complexity index is 711. The lowest BCUT2D eigenvalue weighted by molar-refractivity contribution is -0.146. The highest BCUT2D eigenvalue weighted by Crippen LogP contribution is 2.48. The Morgan fingerprint density at radius 2 is 1.72 bits per heavy atom. The van der Waals surface area contributed by atoms with Crippen molar-refractivity contribution in [3.05, 3.63) is 53.1 Å². The summed E-state index contributed by atoms with van der Waals surface area (Å²) in [6, 6.07) is 7.53. The number of benzene rings is 1. The van der Waals surface area contributed by atoms with E-state index in [-0.39, 0.29) is 17.7 Å². The van der Waals surface area contributed by atoms with Gasteiger partial charge in [-0.2, -0.15) is 0 Å². The molecule has 0 saturated heterocycles. The third-order valence-corrected chi connectivity index (χ3v) is 5.05. The van der Waals surface area contributed by atoms with Gasteiger partial charge in [0.1, 0.15) is 0 Å². The van der Waals surface area contributed by atoms with E-state index in [9.17, 15) is 14.7 Å². The molecule has 0 aromatic heterocycles. The van der Waals surface area contributed by atoms with E-state index in [0.717, 1.165) is 16.7 Å². The number of hydrogen-bond donors (Lipinski definition) is 2. The number of allylic oxidation sites excluding steroid dienone is 4. The minimum atomic E-state index is -0.915. The topological polar surface area (TPSA) is 66.4 Å². The van der Waals surface area contributed by atoms with Gasteiger partial charge in [0, 0.05) is 11.6 Å². The number of hydrogen-bond acceptors (Lipinski definition) is 2. The van der Waals surface area contributed by atoms with Gasteiger partial charge in [-0.15, -0.1) is 0 Å². The van der Waals surface area contributed by atoms with Crippen molar-refractivity contribution in [3.8, 4) is 0 Å². The summed E-state index contributed by atoms with van der Waals surface area (Å²) in [4.78, 5) is 24.9. The second kappa shape index (κ2) is 7.68. The molecule has 1 aliphatic carbocycles.